The highest BCUT2D eigenvalue weighted by Gasteiger charge is 2.06. The molecular weight excluding hydrogens is 246 g/mol. The largest absolute Gasteiger partial charge is 0.388 e. The van der Waals surface area contributed by atoms with Crippen LogP contribution >= 0.6 is 0 Å². The quantitative estimate of drug-likeness (QED) is 0.853. The standard InChI is InChI=1S/C12H15NO2S.C2H6/c1-4-5-12(13-2)10-6-8-11(9-7-10)16(3,14)15;1-2/h4-9,13H,1H2,2-3H3;1-2H3/b12-5-;. The Balaban J connectivity index is 0.00000137. The molecule has 0 radical (unpaired) electrons. The van der Waals surface area contributed by atoms with E-state index in [4.69, 9.17) is 0 Å². The van der Waals surface area contributed by atoms with Gasteiger partial charge < -0.3 is 5.32 Å². The van der Waals surface area contributed by atoms with Crippen molar-refractivity contribution in [3.05, 3.63) is 48.6 Å². The topological polar surface area (TPSA) is 46.2 Å². The number of benzene rings is 1. The van der Waals surface area contributed by atoms with Crippen molar-refractivity contribution in [2.24, 2.45) is 0 Å². The van der Waals surface area contributed by atoms with Crippen LogP contribution in [-0.4, -0.2) is 21.7 Å². The Morgan fingerprint density at radius 2 is 1.72 bits per heavy atom. The van der Waals surface area contributed by atoms with Crippen LogP contribution in [0.4, 0.5) is 0 Å². The van der Waals surface area contributed by atoms with Gasteiger partial charge in [-0.25, -0.2) is 8.42 Å². The summed E-state index contributed by atoms with van der Waals surface area (Å²) in [6, 6.07) is 6.72. The summed E-state index contributed by atoms with van der Waals surface area (Å²) in [5, 5.41) is 3.02. The molecule has 0 saturated heterocycles. The predicted molar refractivity (Wildman–Crippen MR) is 78.1 cm³/mol. The van der Waals surface area contributed by atoms with Crippen LogP contribution in [0.3, 0.4) is 0 Å². The number of hydrogen-bond donors (Lipinski definition) is 1. The molecule has 1 N–H and O–H groups in total. The van der Waals surface area contributed by atoms with Crippen LogP contribution in [0, 0.1) is 0 Å². The van der Waals surface area contributed by atoms with Crippen molar-refractivity contribution in [2.75, 3.05) is 13.3 Å². The second kappa shape index (κ2) is 7.71. The molecule has 0 aromatic heterocycles. The number of hydrogen-bond acceptors (Lipinski definition) is 3. The molecule has 0 spiro atoms. The molecule has 1 aromatic carbocycles. The summed E-state index contributed by atoms with van der Waals surface area (Å²) in [6.07, 6.45) is 4.70. The van der Waals surface area contributed by atoms with Crippen molar-refractivity contribution >= 4 is 15.5 Å². The van der Waals surface area contributed by atoms with Crippen LogP contribution in [0.2, 0.25) is 0 Å². The van der Waals surface area contributed by atoms with Crippen molar-refractivity contribution in [1.82, 2.24) is 5.32 Å². The van der Waals surface area contributed by atoms with Crippen molar-refractivity contribution < 1.29 is 8.42 Å². The zero-order valence-electron chi connectivity index (χ0n) is 11.4. The highest BCUT2D eigenvalue weighted by molar-refractivity contribution is 7.90. The molecule has 0 aliphatic rings. The molecule has 0 saturated carbocycles. The summed E-state index contributed by atoms with van der Waals surface area (Å²) >= 11 is 0. The first kappa shape index (κ1) is 16.4. The third-order valence-electron chi connectivity index (χ3n) is 2.15. The molecule has 0 aliphatic carbocycles. The van der Waals surface area contributed by atoms with Gasteiger partial charge in [0.15, 0.2) is 9.84 Å². The maximum absolute atomic E-state index is 11.3. The van der Waals surface area contributed by atoms with Gasteiger partial charge in [0, 0.05) is 19.0 Å². The van der Waals surface area contributed by atoms with Gasteiger partial charge in [-0.1, -0.05) is 38.6 Å². The minimum atomic E-state index is -3.12. The van der Waals surface area contributed by atoms with Gasteiger partial charge in [0.05, 0.1) is 4.90 Å². The van der Waals surface area contributed by atoms with Gasteiger partial charge in [-0.15, -0.1) is 0 Å². The fourth-order valence-corrected chi connectivity index (χ4v) is 1.95. The molecule has 0 unspecified atom stereocenters. The minimum Gasteiger partial charge on any atom is -0.388 e. The van der Waals surface area contributed by atoms with E-state index in [-0.39, 0.29) is 0 Å². The first-order valence-electron chi connectivity index (χ1n) is 5.80. The van der Waals surface area contributed by atoms with E-state index >= 15 is 0 Å². The number of allylic oxidation sites excluding steroid dienone is 2. The van der Waals surface area contributed by atoms with Crippen molar-refractivity contribution in [3.63, 3.8) is 0 Å². The maximum Gasteiger partial charge on any atom is 0.175 e. The molecule has 1 rings (SSSR count). The molecule has 4 heteroatoms. The Morgan fingerprint density at radius 3 is 2.06 bits per heavy atom. The second-order valence-corrected chi connectivity index (χ2v) is 5.38. The molecule has 0 amide bonds. The lowest BCUT2D eigenvalue weighted by Gasteiger charge is -2.06. The molecule has 0 heterocycles. The molecule has 1 aromatic rings. The normalized spacial score (nSPS) is 11.2. The van der Waals surface area contributed by atoms with Gasteiger partial charge in [-0.3, -0.25) is 0 Å². The van der Waals surface area contributed by atoms with Gasteiger partial charge in [0.1, 0.15) is 0 Å². The molecule has 100 valence electrons. The number of sulfone groups is 1. The van der Waals surface area contributed by atoms with Gasteiger partial charge >= 0.3 is 0 Å². The van der Waals surface area contributed by atoms with Crippen LogP contribution in [0.15, 0.2) is 47.9 Å². The van der Waals surface area contributed by atoms with Crippen LogP contribution in [0.5, 0.6) is 0 Å². The first-order chi connectivity index (χ1) is 8.49. The average Bonchev–Trinajstić information content (AvgIpc) is 2.37. The van der Waals surface area contributed by atoms with E-state index in [0.717, 1.165) is 11.3 Å². The lowest BCUT2D eigenvalue weighted by Crippen LogP contribution is -2.04. The number of rotatable bonds is 4. The molecule has 0 aliphatic heterocycles. The van der Waals surface area contributed by atoms with E-state index < -0.39 is 9.84 Å². The fraction of sp³-hybridized carbons (Fsp3) is 0.286. The summed E-state index contributed by atoms with van der Waals surface area (Å²) in [7, 11) is -1.32. The summed E-state index contributed by atoms with van der Waals surface area (Å²) in [6.45, 7) is 7.62. The second-order valence-electron chi connectivity index (χ2n) is 3.36. The third-order valence-corrected chi connectivity index (χ3v) is 3.28. The third kappa shape index (κ3) is 4.75. The molecular formula is C14H21NO2S. The van der Waals surface area contributed by atoms with E-state index in [9.17, 15) is 8.42 Å². The van der Waals surface area contributed by atoms with E-state index in [2.05, 4.69) is 11.9 Å². The zero-order chi connectivity index (χ0) is 14.2. The van der Waals surface area contributed by atoms with E-state index in [1.54, 1.807) is 37.4 Å². The maximum atomic E-state index is 11.3. The van der Waals surface area contributed by atoms with Gasteiger partial charge in [-0.2, -0.15) is 0 Å². The Kier molecular flexibility index (Phi) is 7.05. The van der Waals surface area contributed by atoms with Crippen LogP contribution in [0.25, 0.3) is 5.70 Å². The summed E-state index contributed by atoms with van der Waals surface area (Å²) < 4.78 is 22.5. The number of nitrogens with one attached hydrogen (secondary N) is 1. The van der Waals surface area contributed by atoms with Crippen molar-refractivity contribution in [2.45, 2.75) is 18.7 Å². The smallest absolute Gasteiger partial charge is 0.175 e. The van der Waals surface area contributed by atoms with Crippen LogP contribution in [-0.2, 0) is 9.84 Å². The summed E-state index contributed by atoms with van der Waals surface area (Å²) in [5.74, 6) is 0. The SMILES string of the molecule is C=C/C=C(\NC)c1ccc(S(C)(=O)=O)cc1.CC. The lowest BCUT2D eigenvalue weighted by atomic mass is 10.1. The van der Waals surface area contributed by atoms with Gasteiger partial charge in [0.2, 0.25) is 0 Å². The first-order valence-corrected chi connectivity index (χ1v) is 7.69. The highest BCUT2D eigenvalue weighted by atomic mass is 32.2. The monoisotopic (exact) mass is 267 g/mol. The predicted octanol–water partition coefficient (Wildman–Crippen LogP) is 2.86. The summed E-state index contributed by atoms with van der Waals surface area (Å²) in [5.41, 5.74) is 1.82. The Morgan fingerprint density at radius 1 is 1.22 bits per heavy atom. The van der Waals surface area contributed by atoms with E-state index in [1.807, 2.05) is 19.9 Å². The molecule has 0 atom stereocenters. The summed E-state index contributed by atoms with van der Waals surface area (Å²) in [4.78, 5) is 0.324. The molecule has 0 fully saturated rings. The van der Waals surface area contributed by atoms with Gasteiger partial charge in [0.25, 0.3) is 0 Å². The van der Waals surface area contributed by atoms with E-state index in [0.29, 0.717) is 4.90 Å². The Hall–Kier alpha value is -1.55. The Bertz CT molecular complexity index is 499. The van der Waals surface area contributed by atoms with Crippen LogP contribution in [0.1, 0.15) is 19.4 Å². The van der Waals surface area contributed by atoms with Gasteiger partial charge in [-0.05, 0) is 23.8 Å². The minimum absolute atomic E-state index is 0.324. The lowest BCUT2D eigenvalue weighted by molar-refractivity contribution is 0.602. The van der Waals surface area contributed by atoms with Crippen molar-refractivity contribution in [1.29, 1.82) is 0 Å². The molecule has 3 nitrogen and oxygen atoms in total. The molecule has 18 heavy (non-hydrogen) atoms. The van der Waals surface area contributed by atoms with Crippen LogP contribution < -0.4 is 5.32 Å². The Labute approximate surface area is 110 Å². The highest BCUT2D eigenvalue weighted by Crippen LogP contribution is 2.15. The molecule has 0 bridgehead atoms. The fourth-order valence-electron chi connectivity index (χ4n) is 1.32. The van der Waals surface area contributed by atoms with Crippen molar-refractivity contribution in [3.8, 4) is 0 Å². The average molecular weight is 267 g/mol. The van der Waals surface area contributed by atoms with E-state index in [1.165, 1.54) is 6.26 Å². The zero-order valence-corrected chi connectivity index (χ0v) is 12.2.